The molecule has 1 unspecified atom stereocenters. The Balaban J connectivity index is 1.80. The highest BCUT2D eigenvalue weighted by Crippen LogP contribution is 2.37. The van der Waals surface area contributed by atoms with E-state index in [-0.39, 0.29) is 43.0 Å². The van der Waals surface area contributed by atoms with E-state index in [0.717, 1.165) is 5.56 Å². The van der Waals surface area contributed by atoms with Gasteiger partial charge in [0.05, 0.1) is 12.0 Å². The molecule has 3 rings (SSSR count). The number of carbonyl (C=O) groups is 3. The van der Waals surface area contributed by atoms with Crippen LogP contribution in [0.2, 0.25) is 0 Å². The Labute approximate surface area is 183 Å². The fourth-order valence-electron chi connectivity index (χ4n) is 4.23. The van der Waals surface area contributed by atoms with Gasteiger partial charge < -0.3 is 14.4 Å². The monoisotopic (exact) mass is 425 g/mol. The molecular formula is C25H31NO5. The predicted octanol–water partition coefficient (Wildman–Crippen LogP) is 3.91. The standard InChI is InChI=1S/C25H31NO5/c1-4-30-23(29)25(13-8-12-19-10-6-5-7-11-19)14-9-15-26(18-25)22(28)21-16-20(27)17-24(2,3)31-21/h5-8,10-12,16H,4,9,13-15,17-18H2,1-3H3/b12-8+. The number of hydrogen-bond donors (Lipinski definition) is 0. The predicted molar refractivity (Wildman–Crippen MR) is 118 cm³/mol. The van der Waals surface area contributed by atoms with Gasteiger partial charge in [-0.1, -0.05) is 42.5 Å². The molecule has 0 bridgehead atoms. The lowest BCUT2D eigenvalue weighted by atomic mass is 9.76. The minimum absolute atomic E-state index is 0.0562. The van der Waals surface area contributed by atoms with E-state index in [0.29, 0.717) is 25.8 Å². The average molecular weight is 426 g/mol. The maximum Gasteiger partial charge on any atom is 0.314 e. The molecule has 0 aliphatic carbocycles. The van der Waals surface area contributed by atoms with Crippen molar-refractivity contribution in [2.75, 3.05) is 19.7 Å². The zero-order chi connectivity index (χ0) is 22.5. The van der Waals surface area contributed by atoms with Crippen LogP contribution in [0.5, 0.6) is 0 Å². The zero-order valence-corrected chi connectivity index (χ0v) is 18.6. The van der Waals surface area contributed by atoms with Crippen LogP contribution in [0.25, 0.3) is 6.08 Å². The second-order valence-corrected chi connectivity index (χ2v) is 8.86. The maximum absolute atomic E-state index is 13.2. The molecule has 1 aromatic carbocycles. The van der Waals surface area contributed by atoms with Crippen LogP contribution in [0.4, 0.5) is 0 Å². The van der Waals surface area contributed by atoms with Crippen LogP contribution >= 0.6 is 0 Å². The van der Waals surface area contributed by atoms with Crippen molar-refractivity contribution >= 4 is 23.7 Å². The number of esters is 1. The lowest BCUT2D eigenvalue weighted by molar-refractivity contribution is -0.161. The Morgan fingerprint density at radius 2 is 1.97 bits per heavy atom. The first-order valence-corrected chi connectivity index (χ1v) is 10.9. The molecule has 1 fully saturated rings. The van der Waals surface area contributed by atoms with Crippen LogP contribution in [-0.4, -0.2) is 47.9 Å². The fourth-order valence-corrected chi connectivity index (χ4v) is 4.23. The molecule has 6 nitrogen and oxygen atoms in total. The molecule has 0 N–H and O–H groups in total. The van der Waals surface area contributed by atoms with Gasteiger partial charge in [-0.2, -0.15) is 0 Å². The summed E-state index contributed by atoms with van der Waals surface area (Å²) in [6.45, 7) is 6.40. The number of carbonyl (C=O) groups excluding carboxylic acids is 3. The molecule has 0 radical (unpaired) electrons. The Bertz CT molecular complexity index is 886. The summed E-state index contributed by atoms with van der Waals surface area (Å²) in [5.74, 6) is -0.707. The average Bonchev–Trinajstić information content (AvgIpc) is 2.73. The van der Waals surface area contributed by atoms with Crippen LogP contribution in [0.1, 0.15) is 52.0 Å². The number of amides is 1. The van der Waals surface area contributed by atoms with E-state index in [4.69, 9.17) is 9.47 Å². The summed E-state index contributed by atoms with van der Waals surface area (Å²) in [4.78, 5) is 39.8. The quantitative estimate of drug-likeness (QED) is 0.646. The van der Waals surface area contributed by atoms with Crippen LogP contribution < -0.4 is 0 Å². The Morgan fingerprint density at radius 1 is 1.23 bits per heavy atom. The molecule has 31 heavy (non-hydrogen) atoms. The molecule has 1 amide bonds. The summed E-state index contributed by atoms with van der Waals surface area (Å²) in [6.07, 6.45) is 7.26. The minimum Gasteiger partial charge on any atom is -0.481 e. The molecule has 6 heteroatoms. The number of piperidine rings is 1. The molecule has 2 aliphatic heterocycles. The summed E-state index contributed by atoms with van der Waals surface area (Å²) in [7, 11) is 0. The van der Waals surface area contributed by atoms with E-state index in [1.54, 1.807) is 25.7 Å². The van der Waals surface area contributed by atoms with Gasteiger partial charge in [0.25, 0.3) is 5.91 Å². The number of ketones is 1. The molecule has 166 valence electrons. The normalized spacial score (nSPS) is 23.3. The van der Waals surface area contributed by atoms with Crippen molar-refractivity contribution in [1.82, 2.24) is 4.90 Å². The van der Waals surface area contributed by atoms with Gasteiger partial charge in [0.1, 0.15) is 5.60 Å². The highest BCUT2D eigenvalue weighted by molar-refractivity contribution is 6.02. The van der Waals surface area contributed by atoms with Crippen LogP contribution in [0.3, 0.4) is 0 Å². The second-order valence-electron chi connectivity index (χ2n) is 8.86. The second kappa shape index (κ2) is 9.50. The molecule has 1 atom stereocenters. The number of allylic oxidation sites excluding steroid dienone is 2. The van der Waals surface area contributed by atoms with Gasteiger partial charge in [-0.05, 0) is 45.6 Å². The Morgan fingerprint density at radius 3 is 2.65 bits per heavy atom. The van der Waals surface area contributed by atoms with E-state index in [2.05, 4.69) is 0 Å². The Kier molecular flexibility index (Phi) is 6.98. The van der Waals surface area contributed by atoms with Gasteiger partial charge in [-0.25, -0.2) is 0 Å². The van der Waals surface area contributed by atoms with Gasteiger partial charge in [-0.15, -0.1) is 0 Å². The summed E-state index contributed by atoms with van der Waals surface area (Å²) in [5, 5.41) is 0. The van der Waals surface area contributed by atoms with Gasteiger partial charge in [0, 0.05) is 25.6 Å². The third-order valence-corrected chi connectivity index (χ3v) is 5.68. The highest BCUT2D eigenvalue weighted by Gasteiger charge is 2.45. The molecule has 2 aliphatic rings. The van der Waals surface area contributed by atoms with Gasteiger partial charge in [0.2, 0.25) is 0 Å². The fraction of sp³-hybridized carbons (Fsp3) is 0.480. The van der Waals surface area contributed by atoms with Gasteiger partial charge in [0.15, 0.2) is 11.5 Å². The molecular weight excluding hydrogens is 394 g/mol. The molecule has 0 saturated carbocycles. The summed E-state index contributed by atoms with van der Waals surface area (Å²) < 4.78 is 11.2. The number of ether oxygens (including phenoxy) is 2. The van der Waals surface area contributed by atoms with Crippen molar-refractivity contribution in [2.24, 2.45) is 5.41 Å². The first-order chi connectivity index (χ1) is 14.7. The minimum atomic E-state index is -0.816. The van der Waals surface area contributed by atoms with Gasteiger partial charge >= 0.3 is 5.97 Å². The van der Waals surface area contributed by atoms with Gasteiger partial charge in [-0.3, -0.25) is 14.4 Å². The van der Waals surface area contributed by atoms with E-state index in [1.165, 1.54) is 6.08 Å². The van der Waals surface area contributed by atoms with Crippen molar-refractivity contribution < 1.29 is 23.9 Å². The first kappa shape index (κ1) is 22.8. The molecule has 0 spiro atoms. The van der Waals surface area contributed by atoms with Crippen molar-refractivity contribution in [2.45, 2.75) is 52.1 Å². The lowest BCUT2D eigenvalue weighted by Crippen LogP contribution is -2.51. The zero-order valence-electron chi connectivity index (χ0n) is 18.6. The summed E-state index contributed by atoms with van der Waals surface area (Å²) in [5.41, 5.74) is -0.487. The number of nitrogens with zero attached hydrogens (tertiary/aromatic N) is 1. The van der Waals surface area contributed by atoms with Crippen molar-refractivity contribution in [3.05, 3.63) is 53.8 Å². The Hall–Kier alpha value is -2.89. The van der Waals surface area contributed by atoms with E-state index < -0.39 is 11.0 Å². The topological polar surface area (TPSA) is 72.9 Å². The maximum atomic E-state index is 13.2. The molecule has 1 aromatic rings. The van der Waals surface area contributed by atoms with Crippen molar-refractivity contribution in [3.8, 4) is 0 Å². The lowest BCUT2D eigenvalue weighted by Gasteiger charge is -2.41. The third-order valence-electron chi connectivity index (χ3n) is 5.68. The molecule has 0 aromatic heterocycles. The van der Waals surface area contributed by atoms with E-state index >= 15 is 0 Å². The molecule has 2 heterocycles. The smallest absolute Gasteiger partial charge is 0.314 e. The van der Waals surface area contributed by atoms with Crippen molar-refractivity contribution in [1.29, 1.82) is 0 Å². The molecule has 1 saturated heterocycles. The summed E-state index contributed by atoms with van der Waals surface area (Å²) >= 11 is 0. The van der Waals surface area contributed by atoms with Crippen LogP contribution in [0, 0.1) is 5.41 Å². The largest absolute Gasteiger partial charge is 0.481 e. The first-order valence-electron chi connectivity index (χ1n) is 10.9. The summed E-state index contributed by atoms with van der Waals surface area (Å²) in [6, 6.07) is 9.87. The number of benzene rings is 1. The van der Waals surface area contributed by atoms with Crippen LogP contribution in [0.15, 0.2) is 48.2 Å². The van der Waals surface area contributed by atoms with E-state index in [9.17, 15) is 14.4 Å². The highest BCUT2D eigenvalue weighted by atomic mass is 16.5. The third kappa shape index (κ3) is 5.63. The van der Waals surface area contributed by atoms with Crippen molar-refractivity contribution in [3.63, 3.8) is 0 Å². The number of rotatable bonds is 6. The number of hydrogen-bond acceptors (Lipinski definition) is 5. The number of likely N-dealkylation sites (tertiary alicyclic amines) is 1. The SMILES string of the molecule is CCOC(=O)C1(C/C=C/c2ccccc2)CCCN(C(=O)C2=CC(=O)CC(C)(C)O2)C1. The van der Waals surface area contributed by atoms with Crippen LogP contribution in [-0.2, 0) is 23.9 Å². The van der Waals surface area contributed by atoms with E-state index in [1.807, 2.05) is 42.5 Å².